The fourth-order valence-corrected chi connectivity index (χ4v) is 1.93. The summed E-state index contributed by atoms with van der Waals surface area (Å²) in [5, 5.41) is 23.6. The molecule has 0 saturated heterocycles. The molecule has 0 atom stereocenters. The van der Waals surface area contributed by atoms with Crippen LogP contribution in [0.25, 0.3) is 0 Å². The Balaban J connectivity index is 2.30. The monoisotopic (exact) mass is 320 g/mol. The van der Waals surface area contributed by atoms with E-state index in [1.54, 1.807) is 0 Å². The average molecular weight is 320 g/mol. The van der Waals surface area contributed by atoms with E-state index in [0.717, 1.165) is 24.3 Å². The first kappa shape index (κ1) is 16.0. The zero-order valence-electron chi connectivity index (χ0n) is 11.6. The van der Waals surface area contributed by atoms with Crippen molar-refractivity contribution in [1.82, 2.24) is 10.6 Å². The van der Waals surface area contributed by atoms with Crippen LogP contribution in [0.1, 0.15) is 0 Å². The van der Waals surface area contributed by atoms with Crippen molar-refractivity contribution in [3.63, 3.8) is 0 Å². The summed E-state index contributed by atoms with van der Waals surface area (Å²) >= 11 is 0. The first-order valence-corrected chi connectivity index (χ1v) is 6.31. The summed E-state index contributed by atoms with van der Waals surface area (Å²) in [6, 6.07) is 0. The van der Waals surface area contributed by atoms with Crippen molar-refractivity contribution < 1.29 is 34.1 Å². The van der Waals surface area contributed by atoms with Crippen molar-refractivity contribution in [2.24, 2.45) is 10.8 Å². The zero-order valence-corrected chi connectivity index (χ0v) is 11.6. The summed E-state index contributed by atoms with van der Waals surface area (Å²) in [7, 11) is 0. The maximum atomic E-state index is 12.2. The molecule has 0 aromatic heterocycles. The quantitative estimate of drug-likeness (QED) is 0.396. The van der Waals surface area contributed by atoms with Crippen LogP contribution < -0.4 is 10.6 Å². The van der Waals surface area contributed by atoms with Gasteiger partial charge in [0.05, 0.1) is 0 Å². The molecule has 0 amide bonds. The van der Waals surface area contributed by atoms with Crippen LogP contribution in [0.3, 0.4) is 0 Å². The standard InChI is InChI=1S/C14H12N2O7/c17-9(18)13(1-5-15-6-2-13)11(21)23-12(22)14(10(19)20)3-7-16-8-4-14/h1-8,15-16H,(H,17,18)(H,19,20). The lowest BCUT2D eigenvalue weighted by molar-refractivity contribution is -0.174. The van der Waals surface area contributed by atoms with Gasteiger partial charge in [-0.25, -0.2) is 9.59 Å². The molecule has 2 heterocycles. The SMILES string of the molecule is O=C(O)C1(C(=O)OC(=O)C2(C(=O)O)C=CNC=C2)C=CNC=C1. The molecule has 0 aromatic rings. The third-order valence-electron chi connectivity index (χ3n) is 3.34. The van der Waals surface area contributed by atoms with Gasteiger partial charge in [-0.2, -0.15) is 0 Å². The smallest absolute Gasteiger partial charge is 0.339 e. The summed E-state index contributed by atoms with van der Waals surface area (Å²) in [6.45, 7) is 0. The second-order valence-corrected chi connectivity index (χ2v) is 4.69. The lowest BCUT2D eigenvalue weighted by atomic mass is 9.85. The Kier molecular flexibility index (Phi) is 4.04. The second kappa shape index (κ2) is 5.79. The van der Waals surface area contributed by atoms with E-state index >= 15 is 0 Å². The van der Waals surface area contributed by atoms with E-state index in [4.69, 9.17) is 0 Å². The van der Waals surface area contributed by atoms with E-state index in [1.165, 1.54) is 24.8 Å². The number of carboxylic acid groups (broad SMARTS) is 2. The van der Waals surface area contributed by atoms with Gasteiger partial charge in [0, 0.05) is 0 Å². The predicted octanol–water partition coefficient (Wildman–Crippen LogP) is -0.541. The van der Waals surface area contributed by atoms with Crippen molar-refractivity contribution >= 4 is 23.9 Å². The highest BCUT2D eigenvalue weighted by molar-refractivity contribution is 6.12. The van der Waals surface area contributed by atoms with Crippen LogP contribution in [0.5, 0.6) is 0 Å². The molecular formula is C14H12N2O7. The Bertz CT molecular complexity index is 605. The van der Waals surface area contributed by atoms with Crippen molar-refractivity contribution in [3.8, 4) is 0 Å². The molecule has 120 valence electrons. The Labute approximate surface area is 129 Å². The van der Waals surface area contributed by atoms with Gasteiger partial charge in [0.2, 0.25) is 10.8 Å². The number of nitrogens with one attached hydrogen (secondary N) is 2. The lowest BCUT2D eigenvalue weighted by Gasteiger charge is -2.25. The lowest BCUT2D eigenvalue weighted by Crippen LogP contribution is -2.45. The fourth-order valence-electron chi connectivity index (χ4n) is 1.93. The summed E-state index contributed by atoms with van der Waals surface area (Å²) in [6.07, 6.45) is 8.74. The molecule has 0 saturated carbocycles. The Morgan fingerprint density at radius 1 is 0.696 bits per heavy atom. The van der Waals surface area contributed by atoms with Crippen molar-refractivity contribution in [1.29, 1.82) is 0 Å². The molecular weight excluding hydrogens is 308 g/mol. The molecule has 0 bridgehead atoms. The van der Waals surface area contributed by atoms with Crippen molar-refractivity contribution in [3.05, 3.63) is 49.1 Å². The van der Waals surface area contributed by atoms with E-state index in [9.17, 15) is 29.4 Å². The maximum Gasteiger partial charge on any atom is 0.339 e. The number of carbonyl (C=O) groups excluding carboxylic acids is 2. The molecule has 0 aromatic carbocycles. The predicted molar refractivity (Wildman–Crippen MR) is 74.1 cm³/mol. The third-order valence-corrected chi connectivity index (χ3v) is 3.34. The van der Waals surface area contributed by atoms with E-state index in [1.807, 2.05) is 0 Å². The highest BCUT2D eigenvalue weighted by atomic mass is 16.6. The number of hydrogen-bond acceptors (Lipinski definition) is 7. The Morgan fingerprint density at radius 2 is 1.00 bits per heavy atom. The van der Waals surface area contributed by atoms with Crippen LogP contribution in [-0.2, 0) is 23.9 Å². The number of hydrogen-bond donors (Lipinski definition) is 4. The Morgan fingerprint density at radius 3 is 1.26 bits per heavy atom. The number of aliphatic carboxylic acids is 2. The van der Waals surface area contributed by atoms with Gasteiger partial charge >= 0.3 is 23.9 Å². The molecule has 0 unspecified atom stereocenters. The third kappa shape index (κ3) is 2.59. The topological polar surface area (TPSA) is 142 Å². The summed E-state index contributed by atoms with van der Waals surface area (Å²) < 4.78 is 4.56. The normalized spacial score (nSPS) is 19.3. The van der Waals surface area contributed by atoms with E-state index in [2.05, 4.69) is 15.4 Å². The average Bonchev–Trinajstić information content (AvgIpc) is 2.55. The molecule has 9 heteroatoms. The molecule has 0 aliphatic carbocycles. The van der Waals surface area contributed by atoms with Gasteiger partial charge in [-0.3, -0.25) is 9.59 Å². The van der Waals surface area contributed by atoms with Gasteiger partial charge < -0.3 is 25.6 Å². The molecule has 4 N–H and O–H groups in total. The molecule has 2 aliphatic rings. The fraction of sp³-hybridized carbons (Fsp3) is 0.143. The van der Waals surface area contributed by atoms with Crippen LogP contribution in [-0.4, -0.2) is 34.1 Å². The minimum absolute atomic E-state index is 0.993. The molecule has 0 radical (unpaired) electrons. The van der Waals surface area contributed by atoms with Gasteiger partial charge in [0.25, 0.3) is 0 Å². The van der Waals surface area contributed by atoms with Crippen molar-refractivity contribution in [2.75, 3.05) is 0 Å². The summed E-state index contributed by atoms with van der Waals surface area (Å²) in [4.78, 5) is 47.1. The van der Waals surface area contributed by atoms with Gasteiger partial charge in [-0.1, -0.05) is 0 Å². The highest BCUT2D eigenvalue weighted by Crippen LogP contribution is 2.30. The Hall–Kier alpha value is -3.36. The number of carboxylic acids is 2. The minimum Gasteiger partial charge on any atom is -0.480 e. The molecule has 2 aliphatic heterocycles. The van der Waals surface area contributed by atoms with E-state index in [0.29, 0.717) is 0 Å². The van der Waals surface area contributed by atoms with Crippen LogP contribution in [0.4, 0.5) is 0 Å². The number of dihydropyridines is 2. The number of esters is 2. The largest absolute Gasteiger partial charge is 0.480 e. The van der Waals surface area contributed by atoms with Gasteiger partial charge in [-0.15, -0.1) is 0 Å². The van der Waals surface area contributed by atoms with Crippen LogP contribution in [0.2, 0.25) is 0 Å². The van der Waals surface area contributed by atoms with Crippen LogP contribution in [0.15, 0.2) is 49.1 Å². The zero-order chi connectivity index (χ0) is 17.1. The number of carbonyl (C=O) groups is 4. The molecule has 9 nitrogen and oxygen atoms in total. The molecule has 23 heavy (non-hydrogen) atoms. The first-order valence-electron chi connectivity index (χ1n) is 6.31. The molecule has 2 rings (SSSR count). The van der Waals surface area contributed by atoms with Gasteiger partial charge in [-0.05, 0) is 49.1 Å². The summed E-state index contributed by atoms with van der Waals surface area (Å²) in [5.74, 6) is -5.95. The van der Waals surface area contributed by atoms with E-state index in [-0.39, 0.29) is 0 Å². The molecule has 0 spiro atoms. The number of rotatable bonds is 4. The van der Waals surface area contributed by atoms with Gasteiger partial charge in [0.15, 0.2) is 0 Å². The maximum absolute atomic E-state index is 12.2. The number of ether oxygens (including phenoxy) is 1. The van der Waals surface area contributed by atoms with Crippen LogP contribution >= 0.6 is 0 Å². The highest BCUT2D eigenvalue weighted by Gasteiger charge is 2.50. The first-order chi connectivity index (χ1) is 10.8. The minimum atomic E-state index is -2.21. The van der Waals surface area contributed by atoms with E-state index < -0.39 is 34.7 Å². The molecule has 0 fully saturated rings. The van der Waals surface area contributed by atoms with Crippen molar-refractivity contribution in [2.45, 2.75) is 0 Å². The second-order valence-electron chi connectivity index (χ2n) is 4.69. The summed E-state index contributed by atoms with van der Waals surface area (Å²) in [5.41, 5.74) is -4.41. The van der Waals surface area contributed by atoms with Crippen LogP contribution in [0, 0.1) is 10.8 Å². The van der Waals surface area contributed by atoms with Gasteiger partial charge in [0.1, 0.15) is 0 Å².